The average molecular weight is 311 g/mol. The lowest BCUT2D eigenvalue weighted by Gasteiger charge is -2.13. The second kappa shape index (κ2) is 14.1. The minimum Gasteiger partial charge on any atom is -0.506 e. The second-order valence-electron chi connectivity index (χ2n) is 4.24. The number of ether oxygens (including phenoxy) is 2. The maximum atomic E-state index is 10.4. The molecule has 0 bridgehead atoms. The quantitative estimate of drug-likeness (QED) is 0.495. The fourth-order valence-electron chi connectivity index (χ4n) is 1.49. The standard InChI is InChI=1S/C9H11NO2.C6H14O2.C2H4/c1-10(2)8-5-7(6-11)3-4-9(8)12;1-4-7-6(3)8-5-2;1-2/h3-6,12H,1-2H3;6H,4-5H2,1-3H3;1-2H2. The first-order chi connectivity index (χ1) is 10.5. The maximum absolute atomic E-state index is 10.4. The Labute approximate surface area is 134 Å². The minimum atomic E-state index is -0.0370. The molecule has 0 atom stereocenters. The Hall–Kier alpha value is -1.85. The molecule has 1 aromatic rings. The van der Waals surface area contributed by atoms with Crippen LogP contribution in [0.25, 0.3) is 0 Å². The molecule has 0 saturated carbocycles. The molecule has 0 radical (unpaired) electrons. The molecule has 0 aliphatic carbocycles. The summed E-state index contributed by atoms with van der Waals surface area (Å²) in [6.07, 6.45) is 0.719. The van der Waals surface area contributed by atoms with Crippen molar-refractivity contribution in [1.82, 2.24) is 0 Å². The SMILES string of the molecule is C=C.CCOC(C)OCC.CN(C)c1cc(C=O)ccc1O. The number of carbonyl (C=O) groups is 1. The molecule has 0 amide bonds. The molecule has 0 fully saturated rings. The van der Waals surface area contributed by atoms with Gasteiger partial charge in [0, 0.05) is 32.9 Å². The molecule has 0 heterocycles. The van der Waals surface area contributed by atoms with Crippen LogP contribution in [0.2, 0.25) is 0 Å². The highest BCUT2D eigenvalue weighted by Gasteiger charge is 2.03. The van der Waals surface area contributed by atoms with E-state index in [0.29, 0.717) is 11.3 Å². The number of rotatable bonds is 6. The van der Waals surface area contributed by atoms with Gasteiger partial charge in [-0.3, -0.25) is 4.79 Å². The van der Waals surface area contributed by atoms with E-state index in [2.05, 4.69) is 13.2 Å². The Balaban J connectivity index is 0. The highest BCUT2D eigenvalue weighted by Crippen LogP contribution is 2.25. The zero-order valence-corrected chi connectivity index (χ0v) is 14.3. The third-order valence-corrected chi connectivity index (χ3v) is 2.42. The van der Waals surface area contributed by atoms with E-state index in [4.69, 9.17) is 9.47 Å². The first-order valence-corrected chi connectivity index (χ1v) is 7.14. The number of hydrogen-bond donors (Lipinski definition) is 1. The van der Waals surface area contributed by atoms with E-state index in [0.717, 1.165) is 19.5 Å². The Bertz CT molecular complexity index is 402. The summed E-state index contributed by atoms with van der Waals surface area (Å²) in [5.41, 5.74) is 1.22. The average Bonchev–Trinajstić information content (AvgIpc) is 2.50. The highest BCUT2D eigenvalue weighted by molar-refractivity contribution is 5.78. The molecule has 5 heteroatoms. The van der Waals surface area contributed by atoms with Crippen molar-refractivity contribution in [1.29, 1.82) is 0 Å². The molecule has 5 nitrogen and oxygen atoms in total. The fourth-order valence-corrected chi connectivity index (χ4v) is 1.49. The Morgan fingerprint density at radius 1 is 1.23 bits per heavy atom. The lowest BCUT2D eigenvalue weighted by atomic mass is 10.2. The van der Waals surface area contributed by atoms with E-state index < -0.39 is 0 Å². The Kier molecular flexibility index (Phi) is 14.4. The van der Waals surface area contributed by atoms with Crippen LogP contribution in [-0.4, -0.2) is 45.0 Å². The molecule has 0 aromatic heterocycles. The zero-order valence-electron chi connectivity index (χ0n) is 14.3. The molecule has 0 saturated heterocycles. The van der Waals surface area contributed by atoms with Crippen molar-refractivity contribution < 1.29 is 19.4 Å². The summed E-state index contributed by atoms with van der Waals surface area (Å²) in [4.78, 5) is 12.1. The van der Waals surface area contributed by atoms with Gasteiger partial charge in [-0.15, -0.1) is 13.2 Å². The number of anilines is 1. The number of hydrogen-bond acceptors (Lipinski definition) is 5. The van der Waals surface area contributed by atoms with Crippen LogP contribution in [0.3, 0.4) is 0 Å². The summed E-state index contributed by atoms with van der Waals surface area (Å²) in [5.74, 6) is 0.186. The molecule has 1 rings (SSSR count). The van der Waals surface area contributed by atoms with Crippen molar-refractivity contribution in [3.8, 4) is 5.75 Å². The number of nitrogens with zero attached hydrogens (tertiary/aromatic N) is 1. The number of aldehydes is 1. The third-order valence-electron chi connectivity index (χ3n) is 2.42. The van der Waals surface area contributed by atoms with Crippen molar-refractivity contribution in [2.24, 2.45) is 0 Å². The Morgan fingerprint density at radius 2 is 1.73 bits per heavy atom. The van der Waals surface area contributed by atoms with Gasteiger partial charge in [0.05, 0.1) is 5.69 Å². The normalized spacial score (nSPS) is 9.18. The monoisotopic (exact) mass is 311 g/mol. The third kappa shape index (κ3) is 9.96. The molecular weight excluding hydrogens is 282 g/mol. The number of benzene rings is 1. The number of carbonyl (C=O) groups excluding carboxylic acids is 1. The molecular formula is C17H29NO4. The smallest absolute Gasteiger partial charge is 0.154 e. The molecule has 22 heavy (non-hydrogen) atoms. The van der Waals surface area contributed by atoms with Gasteiger partial charge in [0.15, 0.2) is 6.29 Å². The van der Waals surface area contributed by atoms with Crippen molar-refractivity contribution >= 4 is 12.0 Å². The van der Waals surface area contributed by atoms with E-state index in [1.807, 2.05) is 34.9 Å². The van der Waals surface area contributed by atoms with Gasteiger partial charge in [-0.2, -0.15) is 0 Å². The van der Waals surface area contributed by atoms with Crippen LogP contribution in [0.15, 0.2) is 31.4 Å². The van der Waals surface area contributed by atoms with Crippen molar-refractivity contribution in [3.05, 3.63) is 36.9 Å². The van der Waals surface area contributed by atoms with Gasteiger partial charge in [-0.05, 0) is 39.0 Å². The second-order valence-corrected chi connectivity index (χ2v) is 4.24. The first-order valence-electron chi connectivity index (χ1n) is 7.14. The first kappa shape index (κ1) is 22.4. The minimum absolute atomic E-state index is 0.0370. The number of phenols is 1. The van der Waals surface area contributed by atoms with Gasteiger partial charge in [0.2, 0.25) is 0 Å². The van der Waals surface area contributed by atoms with Crippen LogP contribution in [0.5, 0.6) is 5.75 Å². The van der Waals surface area contributed by atoms with Crippen LogP contribution in [0, 0.1) is 0 Å². The van der Waals surface area contributed by atoms with Crippen LogP contribution in [0.1, 0.15) is 31.1 Å². The summed E-state index contributed by atoms with van der Waals surface area (Å²) >= 11 is 0. The summed E-state index contributed by atoms with van der Waals surface area (Å²) < 4.78 is 10.1. The van der Waals surface area contributed by atoms with Crippen LogP contribution in [0.4, 0.5) is 5.69 Å². The van der Waals surface area contributed by atoms with E-state index in [1.165, 1.54) is 6.07 Å². The summed E-state index contributed by atoms with van der Waals surface area (Å²) in [5, 5.41) is 9.34. The lowest BCUT2D eigenvalue weighted by molar-refractivity contribution is -0.123. The predicted octanol–water partition coefficient (Wildman–Crippen LogP) is 3.48. The number of aromatic hydroxyl groups is 1. The molecule has 126 valence electrons. The topological polar surface area (TPSA) is 59.0 Å². The van der Waals surface area contributed by atoms with E-state index >= 15 is 0 Å². The van der Waals surface area contributed by atoms with Gasteiger partial charge in [-0.1, -0.05) is 0 Å². The van der Waals surface area contributed by atoms with Gasteiger partial charge in [0.25, 0.3) is 0 Å². The van der Waals surface area contributed by atoms with Gasteiger partial charge in [-0.25, -0.2) is 0 Å². The predicted molar refractivity (Wildman–Crippen MR) is 91.8 cm³/mol. The van der Waals surface area contributed by atoms with Gasteiger partial charge in [0.1, 0.15) is 12.0 Å². The van der Waals surface area contributed by atoms with Crippen LogP contribution in [-0.2, 0) is 9.47 Å². The maximum Gasteiger partial charge on any atom is 0.154 e. The van der Waals surface area contributed by atoms with Crippen LogP contribution < -0.4 is 4.90 Å². The number of phenolic OH excluding ortho intramolecular Hbond substituents is 1. The zero-order chi connectivity index (χ0) is 17.5. The van der Waals surface area contributed by atoms with Gasteiger partial charge >= 0.3 is 0 Å². The van der Waals surface area contributed by atoms with E-state index in [-0.39, 0.29) is 12.0 Å². The molecule has 1 aromatic carbocycles. The van der Waals surface area contributed by atoms with E-state index in [9.17, 15) is 9.90 Å². The van der Waals surface area contributed by atoms with E-state index in [1.54, 1.807) is 17.0 Å². The summed E-state index contributed by atoms with van der Waals surface area (Å²) in [6, 6.07) is 4.73. The molecule has 0 aliphatic rings. The molecule has 0 aliphatic heterocycles. The molecule has 0 unspecified atom stereocenters. The lowest BCUT2D eigenvalue weighted by Crippen LogP contribution is -2.11. The largest absolute Gasteiger partial charge is 0.506 e. The molecule has 0 spiro atoms. The van der Waals surface area contributed by atoms with Crippen molar-refractivity contribution in [3.63, 3.8) is 0 Å². The summed E-state index contributed by atoms with van der Waals surface area (Å²) in [6.45, 7) is 13.3. The Morgan fingerprint density at radius 3 is 2.09 bits per heavy atom. The van der Waals surface area contributed by atoms with Crippen LogP contribution >= 0.6 is 0 Å². The van der Waals surface area contributed by atoms with Crippen molar-refractivity contribution in [2.75, 3.05) is 32.2 Å². The summed E-state index contributed by atoms with van der Waals surface area (Å²) in [7, 11) is 3.62. The van der Waals surface area contributed by atoms with Crippen molar-refractivity contribution in [2.45, 2.75) is 27.1 Å². The highest BCUT2D eigenvalue weighted by atomic mass is 16.7. The van der Waals surface area contributed by atoms with Gasteiger partial charge < -0.3 is 19.5 Å². The molecule has 1 N–H and O–H groups in total. The fraction of sp³-hybridized carbons (Fsp3) is 0.471.